The predicted octanol–water partition coefficient (Wildman–Crippen LogP) is 1.49. The highest BCUT2D eigenvalue weighted by Gasteiger charge is 2.24. The summed E-state index contributed by atoms with van der Waals surface area (Å²) < 4.78 is 4.79. The summed E-state index contributed by atoms with van der Waals surface area (Å²) in [6, 6.07) is 6.75. The van der Waals surface area contributed by atoms with E-state index in [1.165, 1.54) is 13.0 Å². The van der Waals surface area contributed by atoms with Gasteiger partial charge in [-0.25, -0.2) is 0 Å². The van der Waals surface area contributed by atoms with E-state index < -0.39 is 0 Å². The first-order chi connectivity index (χ1) is 9.59. The smallest absolute Gasteiger partial charge is 0.302 e. The monoisotopic (exact) mass is 273 g/mol. The van der Waals surface area contributed by atoms with E-state index in [9.17, 15) is 14.4 Å². The van der Waals surface area contributed by atoms with Gasteiger partial charge in [0, 0.05) is 30.7 Å². The Morgan fingerprint density at radius 2 is 1.90 bits per heavy atom. The molecular formula is C15H15NO4. The van der Waals surface area contributed by atoms with Gasteiger partial charge >= 0.3 is 5.97 Å². The maximum atomic E-state index is 12.2. The van der Waals surface area contributed by atoms with Gasteiger partial charge in [0.15, 0.2) is 5.78 Å². The number of carbonyl (C=O) groups is 3. The molecule has 0 saturated heterocycles. The summed E-state index contributed by atoms with van der Waals surface area (Å²) in [5, 5.41) is 2.92. The van der Waals surface area contributed by atoms with Crippen molar-refractivity contribution >= 4 is 17.5 Å². The van der Waals surface area contributed by atoms with Crippen LogP contribution in [0.5, 0.6) is 0 Å². The first-order valence-corrected chi connectivity index (χ1v) is 6.36. The van der Waals surface area contributed by atoms with Gasteiger partial charge in [0.05, 0.1) is 12.3 Å². The van der Waals surface area contributed by atoms with Crippen LogP contribution in [0.15, 0.2) is 36.0 Å². The number of allylic oxidation sites excluding steroid dienone is 2. The van der Waals surface area contributed by atoms with Crippen LogP contribution in [0, 0.1) is 0 Å². The van der Waals surface area contributed by atoms with Crippen molar-refractivity contribution in [1.82, 2.24) is 5.32 Å². The number of nitrogens with one attached hydrogen (secondary N) is 1. The second-order valence-corrected chi connectivity index (χ2v) is 4.42. The number of Topliss-reactive ketones (excluding diaryl/α,β-unsaturated/α-hetero) is 1. The lowest BCUT2D eigenvalue weighted by molar-refractivity contribution is -0.141. The van der Waals surface area contributed by atoms with Crippen molar-refractivity contribution in [1.29, 1.82) is 0 Å². The maximum absolute atomic E-state index is 12.2. The van der Waals surface area contributed by atoms with Gasteiger partial charge in [-0.3, -0.25) is 14.4 Å². The highest BCUT2D eigenvalue weighted by molar-refractivity contribution is 6.24. The molecule has 0 radical (unpaired) electrons. The molecule has 1 N–H and O–H groups in total. The third-order valence-corrected chi connectivity index (χ3v) is 2.90. The molecule has 0 heterocycles. The second kappa shape index (κ2) is 6.14. The molecule has 1 aromatic rings. The number of hydrogen-bond acceptors (Lipinski definition) is 5. The standard InChI is InChI=1S/C15H15NO4/c1-10(17)20-8-4-7-16-13-9-14(18)11-5-2-3-6-12(11)15(13)19/h2-3,5-6,9,16H,4,7-8H2,1H3. The Balaban J connectivity index is 1.95. The van der Waals surface area contributed by atoms with Crippen molar-refractivity contribution in [3.05, 3.63) is 47.2 Å². The normalized spacial score (nSPS) is 13.6. The van der Waals surface area contributed by atoms with Gasteiger partial charge in [-0.1, -0.05) is 24.3 Å². The van der Waals surface area contributed by atoms with Gasteiger partial charge in [-0.15, -0.1) is 0 Å². The fourth-order valence-electron chi connectivity index (χ4n) is 1.96. The van der Waals surface area contributed by atoms with Crippen molar-refractivity contribution in [3.8, 4) is 0 Å². The minimum atomic E-state index is -0.331. The summed E-state index contributed by atoms with van der Waals surface area (Å²) in [6.45, 7) is 2.09. The minimum Gasteiger partial charge on any atom is -0.466 e. The van der Waals surface area contributed by atoms with Crippen LogP contribution in [-0.2, 0) is 9.53 Å². The van der Waals surface area contributed by atoms with Crippen LogP contribution >= 0.6 is 0 Å². The average Bonchev–Trinajstić information content (AvgIpc) is 2.43. The molecule has 0 aromatic heterocycles. The molecule has 0 atom stereocenters. The Kier molecular flexibility index (Phi) is 4.30. The zero-order valence-corrected chi connectivity index (χ0v) is 11.1. The number of benzene rings is 1. The number of hydrogen-bond donors (Lipinski definition) is 1. The summed E-state index contributed by atoms with van der Waals surface area (Å²) in [7, 11) is 0. The first kappa shape index (κ1) is 14.0. The van der Waals surface area contributed by atoms with E-state index in [1.807, 2.05) is 0 Å². The predicted molar refractivity (Wildman–Crippen MR) is 72.4 cm³/mol. The van der Waals surface area contributed by atoms with Crippen LogP contribution < -0.4 is 5.32 Å². The molecule has 1 aromatic carbocycles. The average molecular weight is 273 g/mol. The molecule has 0 aliphatic heterocycles. The van der Waals surface area contributed by atoms with Crippen molar-refractivity contribution in [3.63, 3.8) is 0 Å². The summed E-state index contributed by atoms with van der Waals surface area (Å²) in [5.41, 5.74) is 1.14. The first-order valence-electron chi connectivity index (χ1n) is 6.36. The zero-order chi connectivity index (χ0) is 14.5. The van der Waals surface area contributed by atoms with Crippen molar-refractivity contribution < 1.29 is 19.1 Å². The summed E-state index contributed by atoms with van der Waals surface area (Å²) in [4.78, 5) is 34.6. The summed E-state index contributed by atoms with van der Waals surface area (Å²) in [5.74, 6) is -0.697. The molecule has 104 valence electrons. The van der Waals surface area contributed by atoms with E-state index in [2.05, 4.69) is 5.32 Å². The van der Waals surface area contributed by atoms with Gasteiger partial charge in [-0.05, 0) is 6.42 Å². The Hall–Kier alpha value is -2.43. The largest absolute Gasteiger partial charge is 0.466 e. The number of ether oxygens (including phenoxy) is 1. The van der Waals surface area contributed by atoms with Crippen molar-refractivity contribution in [2.45, 2.75) is 13.3 Å². The molecule has 1 aliphatic rings. The van der Waals surface area contributed by atoms with Gasteiger partial charge in [0.25, 0.3) is 0 Å². The fraction of sp³-hybridized carbons (Fsp3) is 0.267. The second-order valence-electron chi connectivity index (χ2n) is 4.42. The Morgan fingerprint density at radius 1 is 1.20 bits per heavy atom. The highest BCUT2D eigenvalue weighted by Crippen LogP contribution is 2.19. The third kappa shape index (κ3) is 3.12. The van der Waals surface area contributed by atoms with Crippen LogP contribution in [0.1, 0.15) is 34.1 Å². The molecule has 20 heavy (non-hydrogen) atoms. The van der Waals surface area contributed by atoms with E-state index >= 15 is 0 Å². The molecule has 0 bridgehead atoms. The molecule has 0 amide bonds. The topological polar surface area (TPSA) is 72.5 Å². The third-order valence-electron chi connectivity index (χ3n) is 2.90. The molecule has 0 spiro atoms. The van der Waals surface area contributed by atoms with Crippen LogP contribution in [0.25, 0.3) is 0 Å². The Bertz CT molecular complexity index is 589. The van der Waals surface area contributed by atoms with E-state index in [-0.39, 0.29) is 29.8 Å². The van der Waals surface area contributed by atoms with Crippen LogP contribution in [0.2, 0.25) is 0 Å². The van der Waals surface area contributed by atoms with Gasteiger partial charge in [-0.2, -0.15) is 0 Å². The molecular weight excluding hydrogens is 258 g/mol. The van der Waals surface area contributed by atoms with Crippen LogP contribution in [-0.4, -0.2) is 30.7 Å². The minimum absolute atomic E-state index is 0.178. The maximum Gasteiger partial charge on any atom is 0.302 e. The van der Waals surface area contributed by atoms with E-state index in [4.69, 9.17) is 4.74 Å². The lowest BCUT2D eigenvalue weighted by atomic mass is 9.93. The van der Waals surface area contributed by atoms with E-state index in [0.717, 1.165) is 0 Å². The summed E-state index contributed by atoms with van der Waals surface area (Å²) in [6.07, 6.45) is 1.89. The number of ketones is 2. The van der Waals surface area contributed by atoms with Crippen LogP contribution in [0.4, 0.5) is 0 Å². The molecule has 1 aliphatic carbocycles. The molecule has 0 saturated carbocycles. The quantitative estimate of drug-likeness (QED) is 0.650. The number of rotatable bonds is 5. The van der Waals surface area contributed by atoms with Crippen LogP contribution in [0.3, 0.4) is 0 Å². The van der Waals surface area contributed by atoms with E-state index in [0.29, 0.717) is 24.1 Å². The number of esters is 1. The van der Waals surface area contributed by atoms with Crippen molar-refractivity contribution in [2.24, 2.45) is 0 Å². The Labute approximate surface area is 116 Å². The number of carbonyl (C=O) groups excluding carboxylic acids is 3. The SMILES string of the molecule is CC(=O)OCCCNC1=CC(=O)c2ccccc2C1=O. The molecule has 5 nitrogen and oxygen atoms in total. The molecule has 5 heteroatoms. The molecule has 0 fully saturated rings. The van der Waals surface area contributed by atoms with E-state index in [1.54, 1.807) is 24.3 Å². The van der Waals surface area contributed by atoms with Gasteiger partial charge in [0.1, 0.15) is 0 Å². The molecule has 2 rings (SSSR count). The van der Waals surface area contributed by atoms with Crippen molar-refractivity contribution in [2.75, 3.05) is 13.2 Å². The molecule has 0 unspecified atom stereocenters. The number of fused-ring (bicyclic) bond motifs is 1. The van der Waals surface area contributed by atoms with Gasteiger partial charge in [0.2, 0.25) is 5.78 Å². The lowest BCUT2D eigenvalue weighted by Gasteiger charge is -2.16. The Morgan fingerprint density at radius 3 is 2.60 bits per heavy atom. The fourth-order valence-corrected chi connectivity index (χ4v) is 1.96. The zero-order valence-electron chi connectivity index (χ0n) is 11.1. The highest BCUT2D eigenvalue weighted by atomic mass is 16.5. The summed E-state index contributed by atoms with van der Waals surface area (Å²) >= 11 is 0. The lowest BCUT2D eigenvalue weighted by Crippen LogP contribution is -2.28. The van der Waals surface area contributed by atoms with Gasteiger partial charge < -0.3 is 10.1 Å².